The summed E-state index contributed by atoms with van der Waals surface area (Å²) in [6, 6.07) is 0. The van der Waals surface area contributed by atoms with Crippen molar-refractivity contribution in [1.82, 2.24) is 0 Å². The second-order valence-corrected chi connectivity index (χ2v) is 15.6. The van der Waals surface area contributed by atoms with Gasteiger partial charge < -0.3 is 64.2 Å². The van der Waals surface area contributed by atoms with E-state index in [1.54, 1.807) is 13.0 Å². The third-order valence-corrected chi connectivity index (χ3v) is 13.4. The first-order chi connectivity index (χ1) is 23.3. The molecular weight excluding hydrogens is 644 g/mol. The quantitative estimate of drug-likeness (QED) is 0.100. The fourth-order valence-corrected chi connectivity index (χ4v) is 10.7. The summed E-state index contributed by atoms with van der Waals surface area (Å²) in [6.45, 7) is 3.35. The Bertz CT molecular complexity index is 1350. The highest BCUT2D eigenvalue weighted by Gasteiger charge is 2.68. The standard InChI is InChI=1S/C35H50O14/c1-16-30(49-32-28(42)26(40)25(39)23(13-36)48-32)27(41)29(43)31(46-16)47-19-5-9-34(15-37)18(12-19)3-4-22-21(34)6-8-33(2)20(7-10-35(22,33)44)17-11-24(38)45-14-17/h11-12,15-16,19-23,25-32,36,39-44H,3-10,13-14H2,1-2H3/t16-,19+,20-,21+,22-,23-,25-,26-,27+,28-,29-,30-,31+,32-,33-,34-,35+/m1/s1. The van der Waals surface area contributed by atoms with Crippen LogP contribution >= 0.6 is 0 Å². The molecule has 5 fully saturated rings. The second-order valence-electron chi connectivity index (χ2n) is 15.6. The number of ether oxygens (including phenoxy) is 5. The smallest absolute Gasteiger partial charge is 0.331 e. The second kappa shape index (κ2) is 13.0. The number of aliphatic hydroxyl groups excluding tert-OH is 6. The van der Waals surface area contributed by atoms with Crippen molar-refractivity contribution in [1.29, 1.82) is 0 Å². The predicted molar refractivity (Wildman–Crippen MR) is 166 cm³/mol. The lowest BCUT2D eigenvalue weighted by Crippen LogP contribution is -2.64. The minimum Gasteiger partial charge on any atom is -0.458 e. The lowest BCUT2D eigenvalue weighted by Gasteiger charge is -2.61. The maximum absolute atomic E-state index is 13.1. The highest BCUT2D eigenvalue weighted by Crippen LogP contribution is 2.69. The fourth-order valence-electron chi connectivity index (χ4n) is 10.7. The van der Waals surface area contributed by atoms with Crippen LogP contribution in [0.3, 0.4) is 0 Å². The normalized spacial score (nSPS) is 52.7. The first kappa shape index (κ1) is 35.6. The third-order valence-electron chi connectivity index (χ3n) is 13.4. The molecule has 49 heavy (non-hydrogen) atoms. The summed E-state index contributed by atoms with van der Waals surface area (Å²) >= 11 is 0. The van der Waals surface area contributed by atoms with Gasteiger partial charge in [0.2, 0.25) is 0 Å². The number of rotatable bonds is 7. The van der Waals surface area contributed by atoms with Crippen molar-refractivity contribution in [2.75, 3.05) is 13.2 Å². The number of hydrogen-bond acceptors (Lipinski definition) is 14. The predicted octanol–water partition coefficient (Wildman–Crippen LogP) is -0.621. The fraction of sp³-hybridized carbons (Fsp3) is 0.829. The molecule has 3 aliphatic heterocycles. The molecule has 0 aromatic rings. The van der Waals surface area contributed by atoms with Crippen LogP contribution in [0.5, 0.6) is 0 Å². The number of esters is 1. The molecule has 0 aromatic heterocycles. The van der Waals surface area contributed by atoms with E-state index in [1.807, 2.05) is 6.08 Å². The van der Waals surface area contributed by atoms with E-state index in [1.165, 1.54) is 0 Å². The van der Waals surface area contributed by atoms with Crippen molar-refractivity contribution in [3.05, 3.63) is 23.3 Å². The Morgan fingerprint density at radius 3 is 2.33 bits per heavy atom. The zero-order chi connectivity index (χ0) is 35.0. The van der Waals surface area contributed by atoms with Gasteiger partial charge >= 0.3 is 5.97 Å². The average Bonchev–Trinajstić information content (AvgIpc) is 3.64. The first-order valence-electron chi connectivity index (χ1n) is 17.7. The minimum atomic E-state index is -1.69. The largest absolute Gasteiger partial charge is 0.458 e. The van der Waals surface area contributed by atoms with Gasteiger partial charge in [0.15, 0.2) is 12.6 Å². The van der Waals surface area contributed by atoms with Crippen molar-refractivity contribution >= 4 is 12.3 Å². The van der Waals surface area contributed by atoms with Crippen LogP contribution in [0.2, 0.25) is 0 Å². The topological polar surface area (TPSA) is 222 Å². The zero-order valence-electron chi connectivity index (χ0n) is 27.9. The van der Waals surface area contributed by atoms with Gasteiger partial charge in [0.05, 0.1) is 29.8 Å². The van der Waals surface area contributed by atoms with Crippen molar-refractivity contribution in [2.24, 2.45) is 28.6 Å². The van der Waals surface area contributed by atoms with Crippen molar-refractivity contribution in [3.8, 4) is 0 Å². The van der Waals surface area contributed by atoms with Gasteiger partial charge in [-0.1, -0.05) is 18.6 Å². The Morgan fingerprint density at radius 2 is 1.63 bits per heavy atom. The summed E-state index contributed by atoms with van der Waals surface area (Å²) in [5.74, 6) is -0.392. The van der Waals surface area contributed by atoms with Crippen molar-refractivity contribution in [2.45, 2.75) is 138 Å². The van der Waals surface area contributed by atoms with Gasteiger partial charge in [-0.15, -0.1) is 0 Å². The maximum Gasteiger partial charge on any atom is 0.331 e. The van der Waals surface area contributed by atoms with E-state index in [0.29, 0.717) is 32.1 Å². The maximum atomic E-state index is 13.1. The molecule has 3 saturated carbocycles. The van der Waals surface area contributed by atoms with Gasteiger partial charge in [0, 0.05) is 11.5 Å². The molecule has 0 radical (unpaired) electrons. The number of fused-ring (bicyclic) bond motifs is 5. The molecular formula is C35H50O14. The van der Waals surface area contributed by atoms with Gasteiger partial charge in [-0.05, 0) is 81.6 Å². The number of carbonyl (C=O) groups is 2. The van der Waals surface area contributed by atoms with Gasteiger partial charge in [-0.25, -0.2) is 4.79 Å². The molecule has 0 unspecified atom stereocenters. The average molecular weight is 695 g/mol. The molecule has 7 N–H and O–H groups in total. The molecule has 14 nitrogen and oxygen atoms in total. The van der Waals surface area contributed by atoms with E-state index >= 15 is 0 Å². The molecule has 0 aromatic carbocycles. The summed E-state index contributed by atoms with van der Waals surface area (Å²) in [4.78, 5) is 25.0. The minimum absolute atomic E-state index is 0.0445. The van der Waals surface area contributed by atoms with Gasteiger partial charge in [-0.3, -0.25) is 0 Å². The van der Waals surface area contributed by atoms with Crippen LogP contribution < -0.4 is 0 Å². The van der Waals surface area contributed by atoms with E-state index in [0.717, 1.165) is 36.7 Å². The molecule has 17 atom stereocenters. The van der Waals surface area contributed by atoms with Gasteiger partial charge in [0.25, 0.3) is 0 Å². The van der Waals surface area contributed by atoms with Crippen LogP contribution in [-0.2, 0) is 33.3 Å². The summed E-state index contributed by atoms with van der Waals surface area (Å²) in [7, 11) is 0. The molecule has 4 aliphatic carbocycles. The van der Waals surface area contributed by atoms with Gasteiger partial charge in [-0.2, -0.15) is 0 Å². The molecule has 14 heteroatoms. The molecule has 2 saturated heterocycles. The molecule has 0 bridgehead atoms. The zero-order valence-corrected chi connectivity index (χ0v) is 27.9. The Morgan fingerprint density at radius 1 is 0.898 bits per heavy atom. The Hall–Kier alpha value is -1.82. The van der Waals surface area contributed by atoms with Crippen LogP contribution in [0.15, 0.2) is 23.3 Å². The lowest BCUT2D eigenvalue weighted by molar-refractivity contribution is -0.357. The summed E-state index contributed by atoms with van der Waals surface area (Å²) in [5, 5.41) is 74.6. The molecule has 7 rings (SSSR count). The Balaban J connectivity index is 1.03. The Kier molecular flexibility index (Phi) is 9.43. The van der Waals surface area contributed by atoms with Crippen LogP contribution in [0, 0.1) is 28.6 Å². The van der Waals surface area contributed by atoms with E-state index in [2.05, 4.69) is 6.92 Å². The molecule has 7 aliphatic rings. The summed E-state index contributed by atoms with van der Waals surface area (Å²) < 4.78 is 28.5. The molecule has 0 spiro atoms. The van der Waals surface area contributed by atoms with Crippen LogP contribution in [0.25, 0.3) is 0 Å². The van der Waals surface area contributed by atoms with Crippen LogP contribution in [-0.4, -0.2) is 134 Å². The number of allylic oxidation sites excluding steroid dienone is 1. The number of cyclic esters (lactones) is 1. The van der Waals surface area contributed by atoms with Crippen molar-refractivity contribution in [3.63, 3.8) is 0 Å². The highest BCUT2D eigenvalue weighted by molar-refractivity contribution is 5.85. The van der Waals surface area contributed by atoms with E-state index in [9.17, 15) is 45.3 Å². The van der Waals surface area contributed by atoms with Crippen LogP contribution in [0.4, 0.5) is 0 Å². The lowest BCUT2D eigenvalue weighted by atomic mass is 9.45. The van der Waals surface area contributed by atoms with Gasteiger partial charge in [0.1, 0.15) is 55.6 Å². The monoisotopic (exact) mass is 694 g/mol. The summed E-state index contributed by atoms with van der Waals surface area (Å²) in [6.07, 6.45) is -4.85. The third kappa shape index (κ3) is 5.49. The van der Waals surface area contributed by atoms with E-state index in [-0.39, 0.29) is 30.3 Å². The van der Waals surface area contributed by atoms with E-state index < -0.39 is 90.6 Å². The molecule has 274 valence electrons. The molecule has 0 amide bonds. The van der Waals surface area contributed by atoms with Crippen molar-refractivity contribution < 1.29 is 69.0 Å². The highest BCUT2D eigenvalue weighted by atomic mass is 16.7. The number of aldehydes is 1. The number of hydrogen-bond donors (Lipinski definition) is 7. The molecule has 3 heterocycles. The first-order valence-corrected chi connectivity index (χ1v) is 17.7. The Labute approximate surface area is 284 Å². The summed E-state index contributed by atoms with van der Waals surface area (Å²) in [5.41, 5.74) is -0.216. The number of carbonyl (C=O) groups excluding carboxylic acids is 2. The number of aliphatic hydroxyl groups is 7. The van der Waals surface area contributed by atoms with Crippen LogP contribution in [0.1, 0.15) is 65.2 Å². The van der Waals surface area contributed by atoms with E-state index in [4.69, 9.17) is 23.7 Å². The SMILES string of the molecule is C[C@H]1O[C@@H](O[C@@H]2C=C3CC[C@@H]4[C@H](CC[C@]5(C)[C@@H](C6=CC(=O)OC6)CC[C@]45O)[C@@]3(C=O)CC2)[C@H](O)[C@H](O)[C@@H]1O[C@H]1O[C@H](CO)[C@@H](O)[C@@H](O)[C@H]1O.